The van der Waals surface area contributed by atoms with Crippen LogP contribution in [0.5, 0.6) is 5.75 Å². The lowest BCUT2D eigenvalue weighted by Crippen LogP contribution is -2.59. The highest BCUT2D eigenvalue weighted by Gasteiger charge is 2.66. The van der Waals surface area contributed by atoms with Crippen molar-refractivity contribution in [2.24, 2.45) is 29.4 Å². The molecule has 5 heteroatoms. The number of unbranched alkanes of at least 4 members (excludes halogenated alkanes) is 1. The van der Waals surface area contributed by atoms with Crippen LogP contribution in [0.3, 0.4) is 0 Å². The third-order valence-electron chi connectivity index (χ3n) is 8.91. The van der Waals surface area contributed by atoms with Crippen LogP contribution < -0.4 is 10.5 Å². The van der Waals surface area contributed by atoms with Gasteiger partial charge in [-0.2, -0.15) is 9.78 Å². The first kappa shape index (κ1) is 20.5. The summed E-state index contributed by atoms with van der Waals surface area (Å²) in [6.07, 6.45) is 12.6. The molecule has 0 amide bonds. The smallest absolute Gasteiger partial charge is 0.210 e. The number of hydrogen-bond acceptors (Lipinski definition) is 5. The Bertz CT molecular complexity index is 742. The van der Waals surface area contributed by atoms with E-state index in [4.69, 9.17) is 25.0 Å². The molecule has 5 aliphatic carbocycles. The molecule has 1 aromatic carbocycles. The number of hydrogen-bond donors (Lipinski definition) is 1. The van der Waals surface area contributed by atoms with E-state index in [2.05, 4.69) is 24.3 Å². The summed E-state index contributed by atoms with van der Waals surface area (Å²) >= 11 is 0. The van der Waals surface area contributed by atoms with Crippen molar-refractivity contribution in [1.82, 2.24) is 0 Å². The molecular formula is C26H37NO4. The van der Waals surface area contributed by atoms with Gasteiger partial charge in [-0.3, -0.25) is 0 Å². The topological polar surface area (TPSA) is 62.9 Å². The van der Waals surface area contributed by atoms with Gasteiger partial charge in [-0.1, -0.05) is 12.1 Å². The Balaban J connectivity index is 1.06. The predicted octanol–water partition coefficient (Wildman–Crippen LogP) is 5.29. The molecule has 0 atom stereocenters. The van der Waals surface area contributed by atoms with Crippen LogP contribution >= 0.6 is 0 Å². The lowest BCUT2D eigenvalue weighted by Gasteiger charge is -2.57. The van der Waals surface area contributed by atoms with E-state index in [0.29, 0.717) is 17.8 Å². The Hall–Kier alpha value is -1.14. The molecule has 31 heavy (non-hydrogen) atoms. The second kappa shape index (κ2) is 8.02. The van der Waals surface area contributed by atoms with E-state index in [-0.39, 0.29) is 0 Å². The maximum Gasteiger partial charge on any atom is 0.210 e. The normalized spacial score (nSPS) is 43.2. The predicted molar refractivity (Wildman–Crippen MR) is 117 cm³/mol. The summed E-state index contributed by atoms with van der Waals surface area (Å²) in [6.45, 7) is 1.47. The fourth-order valence-corrected chi connectivity index (χ4v) is 7.46. The minimum atomic E-state index is -0.516. The molecule has 6 aliphatic rings. The van der Waals surface area contributed by atoms with E-state index in [1.807, 2.05) is 0 Å². The molecule has 0 unspecified atom stereocenters. The Morgan fingerprint density at radius 2 is 1.55 bits per heavy atom. The van der Waals surface area contributed by atoms with Gasteiger partial charge in [0, 0.05) is 24.7 Å². The Morgan fingerprint density at radius 3 is 2.19 bits per heavy atom. The molecule has 2 N–H and O–H groups in total. The Kier molecular flexibility index (Phi) is 5.29. The van der Waals surface area contributed by atoms with E-state index in [9.17, 15) is 0 Å². The van der Waals surface area contributed by atoms with Crippen molar-refractivity contribution in [2.75, 3.05) is 13.2 Å². The highest BCUT2D eigenvalue weighted by atomic mass is 17.3. The molecule has 7 rings (SSSR count). The Labute approximate surface area is 185 Å². The molecule has 2 spiro atoms. The van der Waals surface area contributed by atoms with Gasteiger partial charge in [-0.15, -0.1) is 0 Å². The zero-order valence-corrected chi connectivity index (χ0v) is 18.6. The van der Waals surface area contributed by atoms with Crippen LogP contribution in [0.2, 0.25) is 0 Å². The van der Waals surface area contributed by atoms with Crippen molar-refractivity contribution in [3.05, 3.63) is 29.8 Å². The molecule has 5 nitrogen and oxygen atoms in total. The summed E-state index contributed by atoms with van der Waals surface area (Å²) in [5.74, 6) is 3.44. The van der Waals surface area contributed by atoms with Crippen LogP contribution in [0.4, 0.5) is 0 Å². The van der Waals surface area contributed by atoms with Gasteiger partial charge in [0.2, 0.25) is 11.6 Å². The quantitative estimate of drug-likeness (QED) is 0.494. The van der Waals surface area contributed by atoms with E-state index in [1.54, 1.807) is 0 Å². The third-order valence-corrected chi connectivity index (χ3v) is 8.91. The van der Waals surface area contributed by atoms with Gasteiger partial charge in [-0.25, -0.2) is 0 Å². The van der Waals surface area contributed by atoms with Crippen LogP contribution in [0.15, 0.2) is 24.3 Å². The molecule has 6 fully saturated rings. The van der Waals surface area contributed by atoms with Crippen molar-refractivity contribution >= 4 is 0 Å². The summed E-state index contributed by atoms with van der Waals surface area (Å²) in [5, 5.41) is 0. The average molecular weight is 428 g/mol. The maximum absolute atomic E-state index is 6.85. The summed E-state index contributed by atoms with van der Waals surface area (Å²) in [6, 6.07) is 8.68. The van der Waals surface area contributed by atoms with Gasteiger partial charge < -0.3 is 15.2 Å². The first-order valence-electron chi connectivity index (χ1n) is 12.7. The molecular weight excluding hydrogens is 390 g/mol. The van der Waals surface area contributed by atoms with Gasteiger partial charge >= 0.3 is 0 Å². The van der Waals surface area contributed by atoms with E-state index in [1.165, 1.54) is 37.7 Å². The van der Waals surface area contributed by atoms with Crippen molar-refractivity contribution in [2.45, 2.75) is 88.1 Å². The molecule has 1 heterocycles. The van der Waals surface area contributed by atoms with Crippen molar-refractivity contribution in [3.63, 3.8) is 0 Å². The van der Waals surface area contributed by atoms with E-state index in [0.717, 1.165) is 69.3 Å². The van der Waals surface area contributed by atoms with Crippen molar-refractivity contribution in [3.8, 4) is 5.75 Å². The summed E-state index contributed by atoms with van der Waals surface area (Å²) in [4.78, 5) is 12.3. The van der Waals surface area contributed by atoms with Crippen LogP contribution in [-0.4, -0.2) is 24.7 Å². The maximum atomic E-state index is 6.85. The van der Waals surface area contributed by atoms with Crippen LogP contribution in [-0.2, 0) is 14.5 Å². The first-order valence-corrected chi connectivity index (χ1v) is 12.7. The first-order chi connectivity index (χ1) is 15.2. The molecule has 1 aliphatic heterocycles. The van der Waals surface area contributed by atoms with Crippen molar-refractivity contribution < 1.29 is 19.2 Å². The van der Waals surface area contributed by atoms with Crippen LogP contribution in [0.25, 0.3) is 0 Å². The fraction of sp³-hybridized carbons (Fsp3) is 0.769. The SMILES string of the molecule is NCCCCOc1ccc(C2CCC3(CC2)OOC2(O3)C3CC4CC(C3)CC2C4)cc1. The monoisotopic (exact) mass is 427 g/mol. The van der Waals surface area contributed by atoms with Gasteiger partial charge in [-0.05, 0) is 99.8 Å². The molecule has 1 aromatic rings. The standard InChI is InChI=1S/C26H37NO4/c27-11-1-2-12-28-24-5-3-20(4-6-24)21-7-9-25(10-8-21)29-26(31-30-25)22-14-18-13-19(16-22)17-23(26)15-18/h3-6,18-19,21-23H,1-2,7-17,27H2. The lowest BCUT2D eigenvalue weighted by molar-refractivity contribution is -0.390. The van der Waals surface area contributed by atoms with E-state index >= 15 is 0 Å². The Morgan fingerprint density at radius 1 is 0.871 bits per heavy atom. The zero-order chi connectivity index (χ0) is 20.9. The molecule has 0 radical (unpaired) electrons. The average Bonchev–Trinajstić information content (AvgIpc) is 3.16. The molecule has 5 saturated carbocycles. The molecule has 1 saturated heterocycles. The largest absolute Gasteiger partial charge is 0.494 e. The highest BCUT2D eigenvalue weighted by molar-refractivity contribution is 5.30. The summed E-state index contributed by atoms with van der Waals surface area (Å²) in [7, 11) is 0. The minimum absolute atomic E-state index is 0.441. The number of rotatable bonds is 6. The van der Waals surface area contributed by atoms with Gasteiger partial charge in [0.15, 0.2) is 0 Å². The third kappa shape index (κ3) is 3.62. The minimum Gasteiger partial charge on any atom is -0.494 e. The van der Waals surface area contributed by atoms with Crippen LogP contribution in [0, 0.1) is 23.7 Å². The highest BCUT2D eigenvalue weighted by Crippen LogP contribution is 2.64. The number of nitrogens with two attached hydrogens (primary N) is 1. The molecule has 0 aromatic heterocycles. The second-order valence-corrected chi connectivity index (χ2v) is 10.9. The van der Waals surface area contributed by atoms with Crippen LogP contribution in [0.1, 0.15) is 82.1 Å². The summed E-state index contributed by atoms with van der Waals surface area (Å²) < 4.78 is 12.7. The van der Waals surface area contributed by atoms with Gasteiger partial charge in [0.25, 0.3) is 0 Å². The molecule has 170 valence electrons. The molecule has 4 bridgehead atoms. The van der Waals surface area contributed by atoms with Gasteiger partial charge in [0.05, 0.1) is 6.61 Å². The second-order valence-electron chi connectivity index (χ2n) is 10.9. The number of benzene rings is 1. The number of ether oxygens (including phenoxy) is 2. The van der Waals surface area contributed by atoms with E-state index < -0.39 is 11.6 Å². The van der Waals surface area contributed by atoms with Gasteiger partial charge in [0.1, 0.15) is 5.75 Å². The fourth-order valence-electron chi connectivity index (χ4n) is 7.46. The summed E-state index contributed by atoms with van der Waals surface area (Å²) in [5.41, 5.74) is 6.94. The zero-order valence-electron chi connectivity index (χ0n) is 18.6. The van der Waals surface area contributed by atoms with Crippen molar-refractivity contribution in [1.29, 1.82) is 0 Å². The lowest BCUT2D eigenvalue weighted by atomic mass is 9.53.